The molecule has 0 unspecified atom stereocenters. The number of para-hydroxylation sites is 1. The van der Waals surface area contributed by atoms with Crippen molar-refractivity contribution in [1.29, 1.82) is 0 Å². The van der Waals surface area contributed by atoms with Gasteiger partial charge in [0.05, 0.1) is 10.7 Å². The van der Waals surface area contributed by atoms with Crippen molar-refractivity contribution in [1.82, 2.24) is 10.2 Å². The van der Waals surface area contributed by atoms with E-state index in [0.29, 0.717) is 23.8 Å². The largest absolute Gasteiger partial charge is 0.296 e. The Morgan fingerprint density at radius 1 is 1.19 bits per heavy atom. The molecule has 0 bridgehead atoms. The van der Waals surface area contributed by atoms with Crippen LogP contribution in [0.25, 0.3) is 0 Å². The van der Waals surface area contributed by atoms with Crippen molar-refractivity contribution in [3.05, 3.63) is 63.6 Å². The van der Waals surface area contributed by atoms with Gasteiger partial charge in [-0.2, -0.15) is 0 Å². The van der Waals surface area contributed by atoms with Gasteiger partial charge in [-0.15, -0.1) is 10.2 Å². The number of sulfonamides is 1. The molecule has 1 aromatic heterocycles. The third-order valence-electron chi connectivity index (χ3n) is 5.29. The summed E-state index contributed by atoms with van der Waals surface area (Å²) in [7, 11) is -3.92. The van der Waals surface area contributed by atoms with Gasteiger partial charge >= 0.3 is 0 Å². The minimum absolute atomic E-state index is 0.0695. The number of aryl methyl sites for hydroxylation is 1. The number of nitrogens with one attached hydrogen (secondary N) is 1. The van der Waals surface area contributed by atoms with Gasteiger partial charge in [-0.3, -0.25) is 14.4 Å². The maximum absolute atomic E-state index is 13.4. The van der Waals surface area contributed by atoms with Crippen LogP contribution in [0.2, 0.25) is 5.02 Å². The molecule has 1 aliphatic heterocycles. The number of carbonyl (C=O) groups is 1. The van der Waals surface area contributed by atoms with Crippen LogP contribution in [0.4, 0.5) is 10.8 Å². The second-order valence-electron chi connectivity index (χ2n) is 7.51. The Balaban J connectivity index is 1.55. The molecule has 0 radical (unpaired) electrons. The number of hydrogen-bond acceptors (Lipinski definition) is 6. The van der Waals surface area contributed by atoms with E-state index in [2.05, 4.69) is 22.4 Å². The predicted molar refractivity (Wildman–Crippen MR) is 127 cm³/mol. The fourth-order valence-electron chi connectivity index (χ4n) is 3.62. The van der Waals surface area contributed by atoms with Gasteiger partial charge in [0, 0.05) is 18.5 Å². The second kappa shape index (κ2) is 9.56. The van der Waals surface area contributed by atoms with Gasteiger partial charge in [0.15, 0.2) is 0 Å². The molecule has 1 amide bonds. The molecule has 4 rings (SSSR count). The lowest BCUT2D eigenvalue weighted by Crippen LogP contribution is -2.29. The summed E-state index contributed by atoms with van der Waals surface area (Å²) in [5.74, 6) is -0.462. The lowest BCUT2D eigenvalue weighted by atomic mass is 10.2. The van der Waals surface area contributed by atoms with Crippen molar-refractivity contribution >= 4 is 49.7 Å². The first-order chi connectivity index (χ1) is 15.4. The smallest absolute Gasteiger partial charge is 0.265 e. The summed E-state index contributed by atoms with van der Waals surface area (Å²) in [5, 5.41) is 12.2. The van der Waals surface area contributed by atoms with Crippen LogP contribution in [0.1, 0.15) is 47.1 Å². The van der Waals surface area contributed by atoms with Crippen LogP contribution in [0.5, 0.6) is 0 Å². The summed E-state index contributed by atoms with van der Waals surface area (Å²) in [4.78, 5) is 12.7. The molecule has 168 valence electrons. The molecule has 7 nitrogen and oxygen atoms in total. The molecule has 2 aromatic carbocycles. The fourth-order valence-corrected chi connectivity index (χ4v) is 6.40. The van der Waals surface area contributed by atoms with Gasteiger partial charge in [-0.05, 0) is 42.7 Å². The third-order valence-corrected chi connectivity index (χ3v) is 8.48. The lowest BCUT2D eigenvalue weighted by molar-refractivity contribution is 0.102. The Morgan fingerprint density at radius 3 is 2.81 bits per heavy atom. The van der Waals surface area contributed by atoms with E-state index in [1.54, 1.807) is 12.1 Å². The van der Waals surface area contributed by atoms with Crippen molar-refractivity contribution in [2.45, 2.75) is 43.9 Å². The van der Waals surface area contributed by atoms with E-state index in [1.165, 1.54) is 33.8 Å². The maximum atomic E-state index is 13.4. The van der Waals surface area contributed by atoms with Gasteiger partial charge in [0.25, 0.3) is 15.9 Å². The highest BCUT2D eigenvalue weighted by Gasteiger charge is 2.32. The van der Waals surface area contributed by atoms with Crippen LogP contribution in [-0.2, 0) is 22.9 Å². The molecule has 1 aliphatic rings. The number of unbranched alkanes of at least 4 members (excludes halogenated alkanes) is 2. The maximum Gasteiger partial charge on any atom is 0.265 e. The average molecular weight is 491 g/mol. The molecule has 10 heteroatoms. The van der Waals surface area contributed by atoms with E-state index >= 15 is 0 Å². The van der Waals surface area contributed by atoms with Crippen molar-refractivity contribution in [2.75, 3.05) is 16.2 Å². The SMILES string of the molecule is CCCCCc1nnc(NC(=O)c2ccc(Cl)c(S(=O)(=O)N3CCc4ccccc43)c2)s1. The summed E-state index contributed by atoms with van der Waals surface area (Å²) in [6.07, 6.45) is 4.71. The Morgan fingerprint density at radius 2 is 2.00 bits per heavy atom. The second-order valence-corrected chi connectivity index (χ2v) is 10.8. The number of anilines is 2. The molecule has 0 saturated carbocycles. The Labute approximate surface area is 196 Å². The van der Waals surface area contributed by atoms with E-state index in [9.17, 15) is 13.2 Å². The molecular weight excluding hydrogens is 468 g/mol. The number of aromatic nitrogens is 2. The molecule has 3 aromatic rings. The van der Waals surface area contributed by atoms with Gasteiger partial charge in [-0.25, -0.2) is 8.42 Å². The van der Waals surface area contributed by atoms with Crippen LogP contribution >= 0.6 is 22.9 Å². The van der Waals surface area contributed by atoms with E-state index in [0.717, 1.165) is 36.3 Å². The van der Waals surface area contributed by atoms with Gasteiger partial charge in [0.2, 0.25) is 5.13 Å². The topological polar surface area (TPSA) is 92.3 Å². The van der Waals surface area contributed by atoms with Crippen LogP contribution in [0, 0.1) is 0 Å². The summed E-state index contributed by atoms with van der Waals surface area (Å²) in [6.45, 7) is 2.47. The number of nitrogens with zero attached hydrogens (tertiary/aromatic N) is 3. The van der Waals surface area contributed by atoms with E-state index in [1.807, 2.05) is 12.1 Å². The number of benzene rings is 2. The number of amides is 1. The minimum Gasteiger partial charge on any atom is -0.296 e. The Hall–Kier alpha value is -2.49. The highest BCUT2D eigenvalue weighted by atomic mass is 35.5. The van der Waals surface area contributed by atoms with E-state index in [4.69, 9.17) is 11.6 Å². The number of fused-ring (bicyclic) bond motifs is 1. The quantitative estimate of drug-likeness (QED) is 0.452. The molecule has 1 N–H and O–H groups in total. The fraction of sp³-hybridized carbons (Fsp3) is 0.318. The zero-order valence-electron chi connectivity index (χ0n) is 17.5. The predicted octanol–water partition coefficient (Wildman–Crippen LogP) is 4.93. The minimum atomic E-state index is -3.92. The molecule has 0 saturated heterocycles. The first-order valence-corrected chi connectivity index (χ1v) is 13.1. The number of hydrogen-bond donors (Lipinski definition) is 1. The zero-order valence-corrected chi connectivity index (χ0v) is 19.9. The van der Waals surface area contributed by atoms with Gasteiger partial charge < -0.3 is 0 Å². The highest BCUT2D eigenvalue weighted by Crippen LogP contribution is 2.35. The molecule has 0 aliphatic carbocycles. The summed E-state index contributed by atoms with van der Waals surface area (Å²) in [5.41, 5.74) is 1.79. The lowest BCUT2D eigenvalue weighted by Gasteiger charge is -2.20. The van der Waals surface area contributed by atoms with Crippen molar-refractivity contribution in [2.24, 2.45) is 0 Å². The van der Waals surface area contributed by atoms with Crippen molar-refractivity contribution in [3.63, 3.8) is 0 Å². The first kappa shape index (κ1) is 22.7. The molecular formula is C22H23ClN4O3S2. The summed E-state index contributed by atoms with van der Waals surface area (Å²) >= 11 is 7.58. The normalized spacial score (nSPS) is 13.2. The molecule has 2 heterocycles. The monoisotopic (exact) mass is 490 g/mol. The average Bonchev–Trinajstić information content (AvgIpc) is 3.41. The van der Waals surface area contributed by atoms with Crippen LogP contribution in [0.15, 0.2) is 47.4 Å². The van der Waals surface area contributed by atoms with Gasteiger partial charge in [0.1, 0.15) is 9.90 Å². The third kappa shape index (κ3) is 4.65. The van der Waals surface area contributed by atoms with Crippen molar-refractivity contribution in [3.8, 4) is 0 Å². The summed E-state index contributed by atoms with van der Waals surface area (Å²) in [6, 6.07) is 11.6. The Bertz CT molecular complexity index is 1240. The van der Waals surface area contributed by atoms with Crippen LogP contribution in [-0.4, -0.2) is 31.1 Å². The van der Waals surface area contributed by atoms with Crippen LogP contribution in [0.3, 0.4) is 0 Å². The van der Waals surface area contributed by atoms with Gasteiger partial charge in [-0.1, -0.05) is 60.9 Å². The molecule has 0 fully saturated rings. The molecule has 32 heavy (non-hydrogen) atoms. The number of halogens is 1. The highest BCUT2D eigenvalue weighted by molar-refractivity contribution is 7.93. The number of rotatable bonds is 8. The number of carbonyl (C=O) groups excluding carboxylic acids is 1. The zero-order chi connectivity index (χ0) is 22.7. The molecule has 0 atom stereocenters. The Kier molecular flexibility index (Phi) is 6.78. The molecule has 0 spiro atoms. The van der Waals surface area contributed by atoms with E-state index in [-0.39, 0.29) is 15.5 Å². The van der Waals surface area contributed by atoms with Crippen LogP contribution < -0.4 is 9.62 Å². The summed E-state index contributed by atoms with van der Waals surface area (Å²) < 4.78 is 28.1. The van der Waals surface area contributed by atoms with E-state index < -0.39 is 15.9 Å². The first-order valence-electron chi connectivity index (χ1n) is 10.4. The van der Waals surface area contributed by atoms with Crippen molar-refractivity contribution < 1.29 is 13.2 Å². The standard InChI is InChI=1S/C22H23ClN4O3S2/c1-2-3-4-9-20-25-26-22(31-20)24-21(28)16-10-11-17(23)19(14-16)32(29,30)27-13-12-15-7-5-6-8-18(15)27/h5-8,10-11,14H,2-4,9,12-13H2,1H3,(H,24,26,28).